The molecule has 0 amide bonds. The van der Waals surface area contributed by atoms with Crippen LogP contribution >= 0.6 is 11.6 Å². The molecule has 0 N–H and O–H groups in total. The van der Waals surface area contributed by atoms with E-state index in [1.54, 1.807) is 0 Å². The van der Waals surface area contributed by atoms with Crippen molar-refractivity contribution in [3.8, 4) is 0 Å². The van der Waals surface area contributed by atoms with Crippen LogP contribution in [0.25, 0.3) is 0 Å². The van der Waals surface area contributed by atoms with Crippen LogP contribution in [0.2, 0.25) is 0 Å². The van der Waals surface area contributed by atoms with Gasteiger partial charge in [-0.05, 0) is 32.3 Å². The smallest absolute Gasteiger partial charge is 0.0839 e. The molecule has 1 heterocycles. The average Bonchev–Trinajstić information content (AvgIpc) is 2.16. The van der Waals surface area contributed by atoms with Crippen molar-refractivity contribution in [2.75, 3.05) is 6.61 Å². The monoisotopic (exact) mass is 224 g/mol. The van der Waals surface area contributed by atoms with Crippen LogP contribution in [-0.4, -0.2) is 12.0 Å². The van der Waals surface area contributed by atoms with Gasteiger partial charge in [-0.3, -0.25) is 0 Å². The number of rotatable bonds is 1. The van der Waals surface area contributed by atoms with Crippen molar-refractivity contribution in [2.24, 2.45) is 0 Å². The Bertz CT molecular complexity index is 328. The predicted octanol–water partition coefficient (Wildman–Crippen LogP) is 3.76. The van der Waals surface area contributed by atoms with Gasteiger partial charge in [-0.25, -0.2) is 0 Å². The summed E-state index contributed by atoms with van der Waals surface area (Å²) in [4.78, 5) is 0. The number of benzene rings is 1. The van der Waals surface area contributed by atoms with Gasteiger partial charge < -0.3 is 4.74 Å². The Labute approximate surface area is 96.4 Å². The molecule has 1 aliphatic heterocycles. The number of aryl methyl sites for hydroxylation is 2. The summed E-state index contributed by atoms with van der Waals surface area (Å²) in [5.41, 5.74) is 3.87. The molecule has 1 fully saturated rings. The van der Waals surface area contributed by atoms with Crippen LogP contribution < -0.4 is 0 Å². The standard InChI is InChI=1S/C13H17ClO/c1-9-5-10(2)7-11(6-9)13-8-12(14)3-4-15-13/h5-7,12-13H,3-4,8H2,1-2H3. The summed E-state index contributed by atoms with van der Waals surface area (Å²) in [6.07, 6.45) is 2.10. The van der Waals surface area contributed by atoms with Gasteiger partial charge in [0.25, 0.3) is 0 Å². The number of hydrogen-bond donors (Lipinski definition) is 0. The molecule has 2 rings (SSSR count). The Morgan fingerprint density at radius 2 is 1.87 bits per heavy atom. The van der Waals surface area contributed by atoms with Crippen LogP contribution in [0, 0.1) is 13.8 Å². The van der Waals surface area contributed by atoms with Crippen LogP contribution in [0.4, 0.5) is 0 Å². The van der Waals surface area contributed by atoms with E-state index in [1.807, 2.05) is 0 Å². The van der Waals surface area contributed by atoms with Crippen molar-refractivity contribution in [1.29, 1.82) is 0 Å². The third-order valence-corrected chi connectivity index (χ3v) is 3.23. The molecule has 0 aromatic heterocycles. The maximum atomic E-state index is 6.16. The third kappa shape index (κ3) is 2.73. The van der Waals surface area contributed by atoms with Crippen LogP contribution in [0.5, 0.6) is 0 Å². The van der Waals surface area contributed by atoms with Crippen molar-refractivity contribution in [2.45, 2.75) is 38.2 Å². The maximum Gasteiger partial charge on any atom is 0.0839 e. The van der Waals surface area contributed by atoms with E-state index in [1.165, 1.54) is 16.7 Å². The summed E-state index contributed by atoms with van der Waals surface area (Å²) in [7, 11) is 0. The average molecular weight is 225 g/mol. The minimum Gasteiger partial charge on any atom is -0.373 e. The predicted molar refractivity (Wildman–Crippen MR) is 63.5 cm³/mol. The van der Waals surface area contributed by atoms with Gasteiger partial charge in [-0.2, -0.15) is 0 Å². The van der Waals surface area contributed by atoms with E-state index in [0.29, 0.717) is 0 Å². The quantitative estimate of drug-likeness (QED) is 0.660. The number of ether oxygens (including phenoxy) is 1. The normalized spacial score (nSPS) is 26.6. The van der Waals surface area contributed by atoms with Gasteiger partial charge in [0.1, 0.15) is 0 Å². The zero-order chi connectivity index (χ0) is 10.8. The highest BCUT2D eigenvalue weighted by molar-refractivity contribution is 6.20. The van der Waals surface area contributed by atoms with Gasteiger partial charge in [0.2, 0.25) is 0 Å². The van der Waals surface area contributed by atoms with Gasteiger partial charge in [-0.15, -0.1) is 11.6 Å². The van der Waals surface area contributed by atoms with Crippen LogP contribution in [0.3, 0.4) is 0 Å². The Balaban J connectivity index is 2.20. The summed E-state index contributed by atoms with van der Waals surface area (Å²) < 4.78 is 5.76. The molecule has 1 aromatic rings. The molecule has 1 saturated heterocycles. The number of alkyl halides is 1. The van der Waals surface area contributed by atoms with Crippen molar-refractivity contribution in [3.05, 3.63) is 34.9 Å². The fourth-order valence-corrected chi connectivity index (χ4v) is 2.44. The molecule has 0 spiro atoms. The first-order valence-corrected chi connectivity index (χ1v) is 5.92. The highest BCUT2D eigenvalue weighted by Gasteiger charge is 2.22. The molecule has 0 aliphatic carbocycles. The van der Waals surface area contributed by atoms with E-state index >= 15 is 0 Å². The topological polar surface area (TPSA) is 9.23 Å². The summed E-state index contributed by atoms with van der Waals surface area (Å²) in [6, 6.07) is 6.59. The van der Waals surface area contributed by atoms with Gasteiger partial charge in [0, 0.05) is 12.0 Å². The highest BCUT2D eigenvalue weighted by atomic mass is 35.5. The van der Waals surface area contributed by atoms with Gasteiger partial charge >= 0.3 is 0 Å². The Hall–Kier alpha value is -0.530. The molecule has 1 nitrogen and oxygen atoms in total. The molecule has 2 heteroatoms. The fraction of sp³-hybridized carbons (Fsp3) is 0.538. The molecule has 1 aromatic carbocycles. The second-order valence-corrected chi connectivity index (χ2v) is 5.02. The highest BCUT2D eigenvalue weighted by Crippen LogP contribution is 2.31. The van der Waals surface area contributed by atoms with E-state index in [2.05, 4.69) is 32.0 Å². The first kappa shape index (κ1) is 11.0. The lowest BCUT2D eigenvalue weighted by Crippen LogP contribution is -2.20. The van der Waals surface area contributed by atoms with Crippen LogP contribution in [-0.2, 0) is 4.74 Å². The lowest BCUT2D eigenvalue weighted by molar-refractivity contribution is 0.0168. The van der Waals surface area contributed by atoms with Gasteiger partial charge in [0.05, 0.1) is 6.10 Å². The molecule has 2 atom stereocenters. The van der Waals surface area contributed by atoms with E-state index < -0.39 is 0 Å². The molecule has 2 unspecified atom stereocenters. The second-order valence-electron chi connectivity index (χ2n) is 4.40. The zero-order valence-corrected chi connectivity index (χ0v) is 10.1. The van der Waals surface area contributed by atoms with E-state index in [-0.39, 0.29) is 11.5 Å². The molecule has 15 heavy (non-hydrogen) atoms. The minimum atomic E-state index is 0.194. The van der Waals surface area contributed by atoms with E-state index in [0.717, 1.165) is 19.4 Å². The summed E-state index contributed by atoms with van der Waals surface area (Å²) in [6.45, 7) is 5.03. The molecule has 0 saturated carbocycles. The summed E-state index contributed by atoms with van der Waals surface area (Å²) >= 11 is 6.16. The fourth-order valence-electron chi connectivity index (χ4n) is 2.18. The van der Waals surface area contributed by atoms with Crippen LogP contribution in [0.15, 0.2) is 18.2 Å². The molecule has 0 radical (unpaired) electrons. The third-order valence-electron chi connectivity index (χ3n) is 2.84. The lowest BCUT2D eigenvalue weighted by atomic mass is 9.98. The number of halogens is 1. The molecule has 0 bridgehead atoms. The maximum absolute atomic E-state index is 6.16. The lowest BCUT2D eigenvalue weighted by Gasteiger charge is -2.26. The SMILES string of the molecule is Cc1cc(C)cc(C2CC(Cl)CCO2)c1. The first-order chi connectivity index (χ1) is 7.15. The first-order valence-electron chi connectivity index (χ1n) is 5.49. The van der Waals surface area contributed by atoms with Crippen molar-refractivity contribution >= 4 is 11.6 Å². The number of hydrogen-bond acceptors (Lipinski definition) is 1. The zero-order valence-electron chi connectivity index (χ0n) is 9.29. The van der Waals surface area contributed by atoms with E-state index in [9.17, 15) is 0 Å². The molecule has 1 aliphatic rings. The molecular formula is C13H17ClO. The van der Waals surface area contributed by atoms with Crippen molar-refractivity contribution in [1.82, 2.24) is 0 Å². The Kier molecular flexibility index (Phi) is 3.32. The molecular weight excluding hydrogens is 208 g/mol. The summed E-state index contributed by atoms with van der Waals surface area (Å²) in [5, 5.41) is 0.268. The largest absolute Gasteiger partial charge is 0.373 e. The van der Waals surface area contributed by atoms with Crippen molar-refractivity contribution < 1.29 is 4.74 Å². The van der Waals surface area contributed by atoms with Crippen molar-refractivity contribution in [3.63, 3.8) is 0 Å². The van der Waals surface area contributed by atoms with Gasteiger partial charge in [-0.1, -0.05) is 29.3 Å². The van der Waals surface area contributed by atoms with Crippen LogP contribution in [0.1, 0.15) is 35.6 Å². The van der Waals surface area contributed by atoms with E-state index in [4.69, 9.17) is 16.3 Å². The Morgan fingerprint density at radius 3 is 2.47 bits per heavy atom. The summed E-state index contributed by atoms with van der Waals surface area (Å²) in [5.74, 6) is 0. The van der Waals surface area contributed by atoms with Gasteiger partial charge in [0.15, 0.2) is 0 Å². The minimum absolute atomic E-state index is 0.194. The molecule has 82 valence electrons. The second kappa shape index (κ2) is 4.54. The Morgan fingerprint density at radius 1 is 1.20 bits per heavy atom.